The molecule has 3 aromatic heterocycles. The van der Waals surface area contributed by atoms with E-state index in [0.717, 1.165) is 11.6 Å². The minimum atomic E-state index is -4.53. The number of aromatic nitrogens is 3. The highest BCUT2D eigenvalue weighted by Gasteiger charge is 2.35. The number of amides is 1. The quantitative estimate of drug-likeness (QED) is 0.481. The Morgan fingerprint density at radius 2 is 1.89 bits per heavy atom. The van der Waals surface area contributed by atoms with Crippen LogP contribution < -0.4 is 10.6 Å². The zero-order chi connectivity index (χ0) is 24.7. The molecule has 1 unspecified atom stereocenters. The van der Waals surface area contributed by atoms with Gasteiger partial charge in [-0.3, -0.25) is 4.79 Å². The second-order valence-electron chi connectivity index (χ2n) is 9.31. The average Bonchev–Trinajstić information content (AvgIpc) is 3.25. The molecule has 0 saturated heterocycles. The van der Waals surface area contributed by atoms with Gasteiger partial charge in [0.2, 0.25) is 0 Å². The molecular formula is C25H25ClF3N5O. The summed E-state index contributed by atoms with van der Waals surface area (Å²) in [6.07, 6.45) is 2.19. The maximum atomic E-state index is 13.5. The summed E-state index contributed by atoms with van der Waals surface area (Å²) in [6, 6.07) is 8.40. The Morgan fingerprint density at radius 1 is 1.14 bits per heavy atom. The molecule has 1 amide bonds. The molecule has 5 rings (SSSR count). The molecule has 3 aromatic rings. The summed E-state index contributed by atoms with van der Waals surface area (Å²) < 4.78 is 42.1. The molecule has 2 aliphatic carbocycles. The van der Waals surface area contributed by atoms with Gasteiger partial charge in [0.05, 0.1) is 11.2 Å². The summed E-state index contributed by atoms with van der Waals surface area (Å²) in [4.78, 5) is 16.6. The van der Waals surface area contributed by atoms with E-state index < -0.39 is 11.9 Å². The molecule has 0 bridgehead atoms. The maximum absolute atomic E-state index is 13.5. The molecule has 1 saturated carbocycles. The van der Waals surface area contributed by atoms with E-state index in [-0.39, 0.29) is 23.9 Å². The fraction of sp³-hybridized carbons (Fsp3) is 0.400. The number of pyridine rings is 2. The van der Waals surface area contributed by atoms with E-state index in [1.807, 2.05) is 25.1 Å². The van der Waals surface area contributed by atoms with E-state index in [2.05, 4.69) is 20.7 Å². The van der Waals surface area contributed by atoms with Crippen molar-refractivity contribution in [3.8, 4) is 0 Å². The third-order valence-corrected chi connectivity index (χ3v) is 7.19. The van der Waals surface area contributed by atoms with Gasteiger partial charge in [-0.1, -0.05) is 24.6 Å². The smallest absolute Gasteiger partial charge is 0.382 e. The monoisotopic (exact) mass is 503 g/mol. The molecule has 0 spiro atoms. The number of halogens is 4. The predicted octanol–water partition coefficient (Wildman–Crippen LogP) is 5.67. The number of fused-ring (bicyclic) bond motifs is 2. The van der Waals surface area contributed by atoms with Crippen LogP contribution >= 0.6 is 11.6 Å². The first kappa shape index (κ1) is 23.7. The highest BCUT2D eigenvalue weighted by molar-refractivity contribution is 6.32. The number of carbonyl (C=O) groups is 1. The number of carbonyl (C=O) groups excluding carboxylic acids is 1. The van der Waals surface area contributed by atoms with Crippen molar-refractivity contribution in [3.63, 3.8) is 0 Å². The molecule has 184 valence electrons. The predicted molar refractivity (Wildman–Crippen MR) is 128 cm³/mol. The van der Waals surface area contributed by atoms with Gasteiger partial charge < -0.3 is 10.6 Å². The van der Waals surface area contributed by atoms with Gasteiger partial charge in [-0.15, -0.1) is 0 Å². The summed E-state index contributed by atoms with van der Waals surface area (Å²) in [5.74, 6) is -0.294. The van der Waals surface area contributed by atoms with Gasteiger partial charge in [0.1, 0.15) is 5.69 Å². The number of nitrogens with zero attached hydrogens (tertiary/aromatic N) is 3. The third kappa shape index (κ3) is 5.00. The van der Waals surface area contributed by atoms with Gasteiger partial charge in [-0.2, -0.15) is 18.3 Å². The van der Waals surface area contributed by atoms with Crippen LogP contribution in [0.15, 0.2) is 41.6 Å². The molecule has 0 aliphatic heterocycles. The second-order valence-corrected chi connectivity index (χ2v) is 9.75. The zero-order valence-electron chi connectivity index (χ0n) is 19.1. The van der Waals surface area contributed by atoms with Crippen LogP contribution in [0.4, 0.5) is 18.9 Å². The number of hydrogen-bond donors (Lipinski definition) is 2. The summed E-state index contributed by atoms with van der Waals surface area (Å²) >= 11 is 6.32. The van der Waals surface area contributed by atoms with Crippen molar-refractivity contribution < 1.29 is 18.0 Å². The lowest BCUT2D eigenvalue weighted by Gasteiger charge is -2.31. The van der Waals surface area contributed by atoms with Crippen LogP contribution in [0.5, 0.6) is 0 Å². The van der Waals surface area contributed by atoms with E-state index >= 15 is 0 Å². The lowest BCUT2D eigenvalue weighted by molar-refractivity contribution is -0.141. The van der Waals surface area contributed by atoms with Gasteiger partial charge in [-0.05, 0) is 68.4 Å². The summed E-state index contributed by atoms with van der Waals surface area (Å²) in [6.45, 7) is 1.87. The summed E-state index contributed by atoms with van der Waals surface area (Å²) in [5, 5.41) is 11.3. The minimum Gasteiger partial charge on any atom is -0.382 e. The first-order valence-electron chi connectivity index (χ1n) is 11.7. The van der Waals surface area contributed by atoms with Crippen molar-refractivity contribution in [2.45, 2.75) is 57.3 Å². The van der Waals surface area contributed by atoms with Crippen LogP contribution in [0.3, 0.4) is 0 Å². The third-order valence-electron chi connectivity index (χ3n) is 6.71. The van der Waals surface area contributed by atoms with Crippen LogP contribution in [-0.2, 0) is 12.6 Å². The highest BCUT2D eigenvalue weighted by Crippen LogP contribution is 2.38. The molecule has 0 radical (unpaired) electrons. The lowest BCUT2D eigenvalue weighted by Crippen LogP contribution is -2.40. The van der Waals surface area contributed by atoms with Gasteiger partial charge in [-0.25, -0.2) is 9.50 Å². The molecular weight excluding hydrogens is 479 g/mol. The van der Waals surface area contributed by atoms with Crippen molar-refractivity contribution in [1.29, 1.82) is 0 Å². The van der Waals surface area contributed by atoms with Crippen LogP contribution in [0.2, 0.25) is 0 Å². The number of allylic oxidation sites excluding steroid dienone is 1. The number of nitrogens with one attached hydrogen (secondary N) is 2. The van der Waals surface area contributed by atoms with Crippen LogP contribution in [0.25, 0.3) is 11.6 Å². The largest absolute Gasteiger partial charge is 0.433 e. The molecule has 10 heteroatoms. The second kappa shape index (κ2) is 9.18. The molecule has 2 aliphatic rings. The highest BCUT2D eigenvalue weighted by atomic mass is 35.5. The molecule has 0 aromatic carbocycles. The van der Waals surface area contributed by atoms with Crippen molar-refractivity contribution in [2.24, 2.45) is 5.92 Å². The van der Waals surface area contributed by atoms with Gasteiger partial charge in [0, 0.05) is 34.6 Å². The van der Waals surface area contributed by atoms with E-state index in [0.29, 0.717) is 59.8 Å². The summed E-state index contributed by atoms with van der Waals surface area (Å²) in [5.41, 5.74) is 1.75. The van der Waals surface area contributed by atoms with E-state index in [1.165, 1.54) is 0 Å². The summed E-state index contributed by atoms with van der Waals surface area (Å²) in [7, 11) is 0. The standard InChI is InChI=1S/C25H25ClF3N5O/c1-14-10-20-18(12-19(14)26)21(13-23(32-20)25(27,28)29)30-15-5-7-16(8-6-15)31-24(35)22-11-17-4-2-3-9-34(17)33-22/h2-4,9,11-16H,5-8,10H2,1H3,(H,30,32)(H,31,35). The fourth-order valence-corrected chi connectivity index (χ4v) is 4.95. The van der Waals surface area contributed by atoms with Gasteiger partial charge in [0.15, 0.2) is 5.69 Å². The Bertz CT molecular complexity index is 1260. The Labute approximate surface area is 205 Å². The Kier molecular flexibility index (Phi) is 6.21. The topological polar surface area (TPSA) is 71.3 Å². The van der Waals surface area contributed by atoms with Gasteiger partial charge >= 0.3 is 6.18 Å². The Morgan fingerprint density at radius 3 is 2.60 bits per heavy atom. The number of anilines is 1. The molecule has 1 fully saturated rings. The first-order chi connectivity index (χ1) is 16.7. The number of alkyl halides is 3. The molecule has 3 heterocycles. The van der Waals surface area contributed by atoms with E-state index in [1.54, 1.807) is 22.9 Å². The van der Waals surface area contributed by atoms with Crippen molar-refractivity contribution in [3.05, 3.63) is 64.2 Å². The van der Waals surface area contributed by atoms with E-state index in [4.69, 9.17) is 11.6 Å². The molecule has 1 atom stereocenters. The number of hydrogen-bond acceptors (Lipinski definition) is 4. The molecule has 35 heavy (non-hydrogen) atoms. The van der Waals surface area contributed by atoms with E-state index in [9.17, 15) is 18.0 Å². The van der Waals surface area contributed by atoms with Crippen LogP contribution in [-0.4, -0.2) is 32.6 Å². The lowest BCUT2D eigenvalue weighted by atomic mass is 9.89. The SMILES string of the molecule is CC1Cc2nc(C(F)(F)F)cc(NC3CCC(NC(=O)c4cc5ccccn5n4)CC3)c2C=C1Cl. The maximum Gasteiger partial charge on any atom is 0.433 e. The van der Waals surface area contributed by atoms with Gasteiger partial charge in [0.25, 0.3) is 5.91 Å². The zero-order valence-corrected chi connectivity index (χ0v) is 19.8. The Hall–Kier alpha value is -3.07. The van der Waals surface area contributed by atoms with Crippen molar-refractivity contribution in [1.82, 2.24) is 19.9 Å². The van der Waals surface area contributed by atoms with Crippen molar-refractivity contribution >= 4 is 34.8 Å². The number of rotatable bonds is 4. The van der Waals surface area contributed by atoms with Crippen LogP contribution in [0.1, 0.15) is 60.0 Å². The fourth-order valence-electron chi connectivity index (χ4n) is 4.77. The normalized spacial score (nSPS) is 22.4. The van der Waals surface area contributed by atoms with Crippen LogP contribution in [0, 0.1) is 5.92 Å². The minimum absolute atomic E-state index is 0.0161. The Balaban J connectivity index is 1.26. The molecule has 2 N–H and O–H groups in total. The van der Waals surface area contributed by atoms with Crippen molar-refractivity contribution in [2.75, 3.05) is 5.32 Å². The molecule has 6 nitrogen and oxygen atoms in total. The first-order valence-corrected chi connectivity index (χ1v) is 12.0. The average molecular weight is 504 g/mol.